The van der Waals surface area contributed by atoms with E-state index in [-0.39, 0.29) is 18.3 Å². The van der Waals surface area contributed by atoms with Gasteiger partial charge in [0.15, 0.2) is 0 Å². The molecule has 0 aliphatic heterocycles. The van der Waals surface area contributed by atoms with Crippen molar-refractivity contribution in [2.45, 2.75) is 13.3 Å². The lowest BCUT2D eigenvalue weighted by atomic mass is 10.2. The van der Waals surface area contributed by atoms with Gasteiger partial charge in [-0.15, -0.1) is 11.3 Å². The SMILES string of the molecule is CCCN(CCO)C(=O)c1cc2cc(F)ccc2s1. The first-order chi connectivity index (χ1) is 9.15. The zero-order valence-corrected chi connectivity index (χ0v) is 11.5. The number of halogens is 1. The van der Waals surface area contributed by atoms with Crippen LogP contribution in [0.15, 0.2) is 24.3 Å². The molecule has 102 valence electrons. The van der Waals surface area contributed by atoms with E-state index in [0.29, 0.717) is 18.0 Å². The van der Waals surface area contributed by atoms with E-state index in [0.717, 1.165) is 16.5 Å². The van der Waals surface area contributed by atoms with Crippen molar-refractivity contribution >= 4 is 27.3 Å². The topological polar surface area (TPSA) is 40.5 Å². The molecule has 0 saturated carbocycles. The predicted molar refractivity (Wildman–Crippen MR) is 75.1 cm³/mol. The summed E-state index contributed by atoms with van der Waals surface area (Å²) in [4.78, 5) is 14.5. The Hall–Kier alpha value is -1.46. The Labute approximate surface area is 115 Å². The highest BCUT2D eigenvalue weighted by atomic mass is 32.1. The van der Waals surface area contributed by atoms with Gasteiger partial charge in [0.05, 0.1) is 11.5 Å². The number of fused-ring (bicyclic) bond motifs is 1. The molecule has 5 heteroatoms. The maximum Gasteiger partial charge on any atom is 0.264 e. The van der Waals surface area contributed by atoms with Gasteiger partial charge in [-0.3, -0.25) is 4.79 Å². The van der Waals surface area contributed by atoms with Crippen molar-refractivity contribution in [1.29, 1.82) is 0 Å². The van der Waals surface area contributed by atoms with Crippen LogP contribution in [0.5, 0.6) is 0 Å². The molecule has 0 aliphatic carbocycles. The molecule has 0 spiro atoms. The van der Waals surface area contributed by atoms with Crippen LogP contribution in [0.4, 0.5) is 4.39 Å². The number of aliphatic hydroxyl groups is 1. The Bertz CT molecular complexity index is 576. The third-order valence-electron chi connectivity index (χ3n) is 2.84. The van der Waals surface area contributed by atoms with Crippen LogP contribution in [-0.2, 0) is 0 Å². The Morgan fingerprint density at radius 1 is 1.37 bits per heavy atom. The summed E-state index contributed by atoms with van der Waals surface area (Å²) in [5, 5.41) is 9.74. The molecule has 0 atom stereocenters. The van der Waals surface area contributed by atoms with E-state index in [1.54, 1.807) is 17.0 Å². The zero-order chi connectivity index (χ0) is 13.8. The van der Waals surface area contributed by atoms with Gasteiger partial charge in [0.25, 0.3) is 5.91 Å². The van der Waals surface area contributed by atoms with Crippen LogP contribution in [0.2, 0.25) is 0 Å². The summed E-state index contributed by atoms with van der Waals surface area (Å²) in [6, 6.07) is 6.22. The minimum Gasteiger partial charge on any atom is -0.395 e. The van der Waals surface area contributed by atoms with Crippen molar-refractivity contribution in [2.75, 3.05) is 19.7 Å². The smallest absolute Gasteiger partial charge is 0.264 e. The van der Waals surface area contributed by atoms with Crippen LogP contribution < -0.4 is 0 Å². The Kier molecular flexibility index (Phi) is 4.50. The van der Waals surface area contributed by atoms with Crippen molar-refractivity contribution in [3.8, 4) is 0 Å². The van der Waals surface area contributed by atoms with Crippen LogP contribution in [0, 0.1) is 5.82 Å². The summed E-state index contributed by atoms with van der Waals surface area (Å²) in [7, 11) is 0. The van der Waals surface area contributed by atoms with E-state index in [1.807, 2.05) is 6.92 Å². The van der Waals surface area contributed by atoms with Crippen LogP contribution in [0.1, 0.15) is 23.0 Å². The number of aliphatic hydroxyl groups excluding tert-OH is 1. The van der Waals surface area contributed by atoms with Gasteiger partial charge in [-0.1, -0.05) is 6.92 Å². The molecule has 0 unspecified atom stereocenters. The zero-order valence-electron chi connectivity index (χ0n) is 10.7. The molecule has 0 radical (unpaired) electrons. The summed E-state index contributed by atoms with van der Waals surface area (Å²) < 4.78 is 14.0. The average Bonchev–Trinajstić information content (AvgIpc) is 2.80. The molecule has 19 heavy (non-hydrogen) atoms. The normalized spacial score (nSPS) is 10.9. The van der Waals surface area contributed by atoms with E-state index in [9.17, 15) is 9.18 Å². The molecule has 3 nitrogen and oxygen atoms in total. The van der Waals surface area contributed by atoms with Crippen molar-refractivity contribution in [2.24, 2.45) is 0 Å². The first kappa shape index (κ1) is 14.0. The van der Waals surface area contributed by atoms with Crippen molar-refractivity contribution in [3.05, 3.63) is 35.0 Å². The van der Waals surface area contributed by atoms with Crippen LogP contribution in [0.25, 0.3) is 10.1 Å². The summed E-state index contributed by atoms with van der Waals surface area (Å²) in [5.41, 5.74) is 0. The number of hydrogen-bond acceptors (Lipinski definition) is 3. The molecule has 0 fully saturated rings. The van der Waals surface area contributed by atoms with Crippen molar-refractivity contribution in [3.63, 3.8) is 0 Å². The summed E-state index contributed by atoms with van der Waals surface area (Å²) in [6.45, 7) is 2.88. The summed E-state index contributed by atoms with van der Waals surface area (Å²) >= 11 is 1.35. The first-order valence-electron chi connectivity index (χ1n) is 6.25. The molecule has 1 aromatic heterocycles. The Balaban J connectivity index is 2.29. The minimum absolute atomic E-state index is 0.0503. The molecule has 1 N–H and O–H groups in total. The summed E-state index contributed by atoms with van der Waals surface area (Å²) in [6.07, 6.45) is 0.839. The van der Waals surface area contributed by atoms with E-state index in [4.69, 9.17) is 5.11 Å². The quantitative estimate of drug-likeness (QED) is 0.915. The Morgan fingerprint density at radius 2 is 2.16 bits per heavy atom. The van der Waals surface area contributed by atoms with Crippen LogP contribution in [-0.4, -0.2) is 35.6 Å². The van der Waals surface area contributed by atoms with Gasteiger partial charge in [-0.2, -0.15) is 0 Å². The van der Waals surface area contributed by atoms with Gasteiger partial charge in [0.2, 0.25) is 0 Å². The molecule has 1 amide bonds. The van der Waals surface area contributed by atoms with Crippen LogP contribution >= 0.6 is 11.3 Å². The maximum absolute atomic E-state index is 13.1. The fourth-order valence-electron chi connectivity index (χ4n) is 1.98. The molecular formula is C14H16FNO2S. The summed E-state index contributed by atoms with van der Waals surface area (Å²) in [5.74, 6) is -0.400. The standard InChI is InChI=1S/C14H16FNO2S/c1-2-5-16(6-7-17)14(18)13-9-10-8-11(15)3-4-12(10)19-13/h3-4,8-9,17H,2,5-7H2,1H3. The molecule has 0 bridgehead atoms. The second kappa shape index (κ2) is 6.12. The number of rotatable bonds is 5. The highest BCUT2D eigenvalue weighted by Crippen LogP contribution is 2.27. The van der Waals surface area contributed by atoms with Gasteiger partial charge in [-0.05, 0) is 36.1 Å². The average molecular weight is 281 g/mol. The molecular weight excluding hydrogens is 265 g/mol. The van der Waals surface area contributed by atoms with E-state index in [2.05, 4.69) is 0 Å². The highest BCUT2D eigenvalue weighted by molar-refractivity contribution is 7.20. The maximum atomic E-state index is 13.1. The van der Waals surface area contributed by atoms with E-state index < -0.39 is 0 Å². The molecule has 1 aromatic carbocycles. The molecule has 1 heterocycles. The van der Waals surface area contributed by atoms with E-state index in [1.165, 1.54) is 23.5 Å². The Morgan fingerprint density at radius 3 is 2.84 bits per heavy atom. The molecule has 0 aliphatic rings. The lowest BCUT2D eigenvalue weighted by molar-refractivity contribution is 0.0727. The van der Waals surface area contributed by atoms with Gasteiger partial charge in [-0.25, -0.2) is 4.39 Å². The first-order valence-corrected chi connectivity index (χ1v) is 7.06. The van der Waals surface area contributed by atoms with Gasteiger partial charge >= 0.3 is 0 Å². The monoisotopic (exact) mass is 281 g/mol. The third-order valence-corrected chi connectivity index (χ3v) is 3.94. The number of carbonyl (C=O) groups excluding carboxylic acids is 1. The minimum atomic E-state index is -0.301. The number of benzene rings is 1. The highest BCUT2D eigenvalue weighted by Gasteiger charge is 2.17. The number of thiophene rings is 1. The number of hydrogen-bond donors (Lipinski definition) is 1. The van der Waals surface area contributed by atoms with E-state index >= 15 is 0 Å². The lowest BCUT2D eigenvalue weighted by Crippen LogP contribution is -2.33. The second-order valence-electron chi connectivity index (χ2n) is 4.31. The fourth-order valence-corrected chi connectivity index (χ4v) is 2.99. The van der Waals surface area contributed by atoms with Crippen LogP contribution in [0.3, 0.4) is 0 Å². The number of carbonyl (C=O) groups is 1. The largest absolute Gasteiger partial charge is 0.395 e. The van der Waals surface area contributed by atoms with Crippen molar-refractivity contribution in [1.82, 2.24) is 4.90 Å². The van der Waals surface area contributed by atoms with Crippen molar-refractivity contribution < 1.29 is 14.3 Å². The lowest BCUT2D eigenvalue weighted by Gasteiger charge is -2.19. The second-order valence-corrected chi connectivity index (χ2v) is 5.39. The third kappa shape index (κ3) is 3.11. The van der Waals surface area contributed by atoms with Gasteiger partial charge < -0.3 is 10.0 Å². The molecule has 0 saturated heterocycles. The molecule has 2 aromatic rings. The van der Waals surface area contributed by atoms with Gasteiger partial charge in [0.1, 0.15) is 5.82 Å². The predicted octanol–water partition coefficient (Wildman–Crippen LogP) is 2.88. The number of nitrogens with zero attached hydrogens (tertiary/aromatic N) is 1. The number of amides is 1. The fraction of sp³-hybridized carbons (Fsp3) is 0.357. The molecule has 2 rings (SSSR count). The van der Waals surface area contributed by atoms with Gasteiger partial charge in [0, 0.05) is 17.8 Å².